The highest BCUT2D eigenvalue weighted by Crippen LogP contribution is 2.17. The third kappa shape index (κ3) is 3.54. The lowest BCUT2D eigenvalue weighted by Gasteiger charge is -2.11. The van der Waals surface area contributed by atoms with Gasteiger partial charge in [0.1, 0.15) is 0 Å². The first-order valence-electron chi connectivity index (χ1n) is 5.74. The topological polar surface area (TPSA) is 66.8 Å². The van der Waals surface area contributed by atoms with Crippen LogP contribution in [0.25, 0.3) is 0 Å². The maximum absolute atomic E-state index is 11.8. The normalized spacial score (nSPS) is 10.3. The van der Waals surface area contributed by atoms with Crippen molar-refractivity contribution in [1.82, 2.24) is 0 Å². The molecule has 1 aromatic rings. The molecule has 0 spiro atoms. The molecule has 1 rings (SSSR count). The zero-order valence-electron chi connectivity index (χ0n) is 9.98. The van der Waals surface area contributed by atoms with Crippen LogP contribution in [0.15, 0.2) is 18.2 Å². The van der Waals surface area contributed by atoms with Gasteiger partial charge in [-0.2, -0.15) is 0 Å². The number of aliphatic hydroxyl groups is 2. The molecule has 0 fully saturated rings. The Morgan fingerprint density at radius 3 is 2.29 bits per heavy atom. The van der Waals surface area contributed by atoms with Crippen LogP contribution in [-0.4, -0.2) is 22.8 Å². The molecule has 4 heteroatoms. The highest BCUT2D eigenvalue weighted by atomic mass is 16.5. The monoisotopic (exact) mass is 238 g/mol. The number of hydrogen-bond acceptors (Lipinski definition) is 4. The predicted octanol–water partition coefficient (Wildman–Crippen LogP) is 1.63. The molecule has 0 heterocycles. The highest BCUT2D eigenvalue weighted by molar-refractivity contribution is 5.92. The van der Waals surface area contributed by atoms with Crippen LogP contribution < -0.4 is 0 Å². The summed E-state index contributed by atoms with van der Waals surface area (Å²) in [5.74, 6) is -0.479. The van der Waals surface area contributed by atoms with Crippen LogP contribution in [0.5, 0.6) is 0 Å². The van der Waals surface area contributed by atoms with E-state index in [-0.39, 0.29) is 18.8 Å². The molecule has 0 amide bonds. The lowest BCUT2D eigenvalue weighted by Crippen LogP contribution is -2.12. The molecule has 0 aliphatic carbocycles. The van der Waals surface area contributed by atoms with Gasteiger partial charge in [-0.25, -0.2) is 4.79 Å². The summed E-state index contributed by atoms with van der Waals surface area (Å²) in [7, 11) is 0. The van der Waals surface area contributed by atoms with Crippen molar-refractivity contribution in [3.05, 3.63) is 34.9 Å². The first kappa shape index (κ1) is 13.7. The fourth-order valence-electron chi connectivity index (χ4n) is 1.56. The largest absolute Gasteiger partial charge is 0.462 e. The summed E-state index contributed by atoms with van der Waals surface area (Å²) in [6.07, 6.45) is 1.75. The van der Waals surface area contributed by atoms with E-state index >= 15 is 0 Å². The van der Waals surface area contributed by atoms with E-state index in [1.165, 1.54) is 0 Å². The molecule has 0 aliphatic heterocycles. The van der Waals surface area contributed by atoms with Crippen molar-refractivity contribution >= 4 is 5.97 Å². The van der Waals surface area contributed by atoms with Crippen LogP contribution in [0.3, 0.4) is 0 Å². The fraction of sp³-hybridized carbons (Fsp3) is 0.462. The van der Waals surface area contributed by atoms with Crippen molar-refractivity contribution in [1.29, 1.82) is 0 Å². The third-order valence-electron chi connectivity index (χ3n) is 2.51. The molecule has 0 saturated heterocycles. The first-order valence-corrected chi connectivity index (χ1v) is 5.74. The van der Waals surface area contributed by atoms with E-state index in [9.17, 15) is 4.79 Å². The number of unbranched alkanes of at least 4 members (excludes halogenated alkanes) is 1. The standard InChI is InChI=1S/C13H18O4/c1-2-3-7-17-13(16)12-10(8-14)5-4-6-11(12)9-15/h4-6,14-15H,2-3,7-9H2,1H3. The van der Waals surface area contributed by atoms with Crippen LogP contribution in [0.2, 0.25) is 0 Å². The average Bonchev–Trinajstić information content (AvgIpc) is 2.37. The Bertz CT molecular complexity index is 351. The van der Waals surface area contributed by atoms with E-state index in [1.807, 2.05) is 6.92 Å². The minimum atomic E-state index is -0.479. The summed E-state index contributed by atoms with van der Waals surface area (Å²) in [5, 5.41) is 18.3. The number of rotatable bonds is 6. The number of carbonyl (C=O) groups excluding carboxylic acids is 1. The second kappa shape index (κ2) is 7.04. The second-order valence-electron chi connectivity index (χ2n) is 3.76. The van der Waals surface area contributed by atoms with Crippen molar-refractivity contribution < 1.29 is 19.7 Å². The molecular weight excluding hydrogens is 220 g/mol. The lowest BCUT2D eigenvalue weighted by atomic mass is 10.0. The van der Waals surface area contributed by atoms with Crippen molar-refractivity contribution in [2.45, 2.75) is 33.0 Å². The fourth-order valence-corrected chi connectivity index (χ4v) is 1.56. The van der Waals surface area contributed by atoms with Gasteiger partial charge in [0.2, 0.25) is 0 Å². The van der Waals surface area contributed by atoms with E-state index in [2.05, 4.69) is 0 Å². The SMILES string of the molecule is CCCCOC(=O)c1c(CO)cccc1CO. The van der Waals surface area contributed by atoms with Gasteiger partial charge in [-0.1, -0.05) is 31.5 Å². The molecule has 1 aromatic carbocycles. The number of esters is 1. The third-order valence-corrected chi connectivity index (χ3v) is 2.51. The summed E-state index contributed by atoms with van der Waals surface area (Å²) < 4.78 is 5.09. The molecule has 4 nitrogen and oxygen atoms in total. The van der Waals surface area contributed by atoms with Gasteiger partial charge in [0.05, 0.1) is 25.4 Å². The number of carbonyl (C=O) groups is 1. The van der Waals surface area contributed by atoms with Gasteiger partial charge >= 0.3 is 5.97 Å². The highest BCUT2D eigenvalue weighted by Gasteiger charge is 2.16. The van der Waals surface area contributed by atoms with Gasteiger partial charge in [-0.3, -0.25) is 0 Å². The van der Waals surface area contributed by atoms with Crippen LogP contribution in [0, 0.1) is 0 Å². The molecule has 17 heavy (non-hydrogen) atoms. The van der Waals surface area contributed by atoms with Crippen molar-refractivity contribution in [2.24, 2.45) is 0 Å². The smallest absolute Gasteiger partial charge is 0.338 e. The Labute approximate surface area is 101 Å². The van der Waals surface area contributed by atoms with E-state index in [1.54, 1.807) is 18.2 Å². The zero-order chi connectivity index (χ0) is 12.7. The van der Waals surface area contributed by atoms with E-state index in [0.717, 1.165) is 12.8 Å². The molecule has 2 N–H and O–H groups in total. The maximum Gasteiger partial charge on any atom is 0.338 e. The summed E-state index contributed by atoms with van der Waals surface area (Å²) in [6.45, 7) is 1.88. The maximum atomic E-state index is 11.8. The van der Waals surface area contributed by atoms with Gasteiger partial charge < -0.3 is 14.9 Å². The van der Waals surface area contributed by atoms with Crippen molar-refractivity contribution in [3.8, 4) is 0 Å². The number of ether oxygens (including phenoxy) is 1. The van der Waals surface area contributed by atoms with Crippen molar-refractivity contribution in [2.75, 3.05) is 6.61 Å². The molecule has 0 unspecified atom stereocenters. The molecule has 0 aliphatic rings. The molecule has 94 valence electrons. The Morgan fingerprint density at radius 1 is 1.24 bits per heavy atom. The van der Waals surface area contributed by atoms with E-state index < -0.39 is 5.97 Å². The lowest BCUT2D eigenvalue weighted by molar-refractivity contribution is 0.0492. The van der Waals surface area contributed by atoms with E-state index in [4.69, 9.17) is 14.9 Å². The Balaban J connectivity index is 2.89. The molecule has 0 aromatic heterocycles. The van der Waals surface area contributed by atoms with E-state index in [0.29, 0.717) is 17.7 Å². The van der Waals surface area contributed by atoms with Crippen LogP contribution in [-0.2, 0) is 18.0 Å². The van der Waals surface area contributed by atoms with Crippen LogP contribution in [0.1, 0.15) is 41.3 Å². The quantitative estimate of drug-likeness (QED) is 0.584. The Morgan fingerprint density at radius 2 is 1.82 bits per heavy atom. The number of aliphatic hydroxyl groups excluding tert-OH is 2. The average molecular weight is 238 g/mol. The van der Waals surface area contributed by atoms with Gasteiger partial charge in [0, 0.05) is 0 Å². The number of hydrogen-bond donors (Lipinski definition) is 2. The minimum absolute atomic E-state index is 0.244. The molecular formula is C13H18O4. The molecule has 0 saturated carbocycles. The van der Waals surface area contributed by atoms with Crippen LogP contribution in [0.4, 0.5) is 0 Å². The Kier molecular flexibility index (Phi) is 5.66. The molecule has 0 bridgehead atoms. The first-order chi connectivity index (χ1) is 8.24. The van der Waals surface area contributed by atoms with Gasteiger partial charge in [0.15, 0.2) is 0 Å². The summed E-state index contributed by atoms with van der Waals surface area (Å²) in [5.41, 5.74) is 1.25. The minimum Gasteiger partial charge on any atom is -0.462 e. The predicted molar refractivity (Wildman–Crippen MR) is 63.5 cm³/mol. The number of benzene rings is 1. The Hall–Kier alpha value is -1.39. The van der Waals surface area contributed by atoms with Gasteiger partial charge in [0.25, 0.3) is 0 Å². The zero-order valence-corrected chi connectivity index (χ0v) is 9.98. The summed E-state index contributed by atoms with van der Waals surface area (Å²) in [4.78, 5) is 11.8. The van der Waals surface area contributed by atoms with Crippen molar-refractivity contribution in [3.63, 3.8) is 0 Å². The van der Waals surface area contributed by atoms with Gasteiger partial charge in [-0.05, 0) is 17.5 Å². The summed E-state index contributed by atoms with van der Waals surface area (Å²) >= 11 is 0. The summed E-state index contributed by atoms with van der Waals surface area (Å²) in [6, 6.07) is 4.99. The second-order valence-corrected chi connectivity index (χ2v) is 3.76. The van der Waals surface area contributed by atoms with Gasteiger partial charge in [-0.15, -0.1) is 0 Å². The molecule has 0 radical (unpaired) electrons. The van der Waals surface area contributed by atoms with Crippen LogP contribution >= 0.6 is 0 Å². The molecule has 0 atom stereocenters.